The van der Waals surface area contributed by atoms with Crippen molar-refractivity contribution in [1.82, 2.24) is 9.80 Å². The Morgan fingerprint density at radius 1 is 1.03 bits per heavy atom. The van der Waals surface area contributed by atoms with Crippen molar-refractivity contribution in [2.45, 2.75) is 39.0 Å². The molecule has 0 spiro atoms. The van der Waals surface area contributed by atoms with Gasteiger partial charge in [-0.1, -0.05) is 6.92 Å². The van der Waals surface area contributed by atoms with E-state index in [1.54, 1.807) is 7.11 Å². The normalized spacial score (nSPS) is 25.2. The minimum Gasteiger partial charge on any atom is -0.497 e. The van der Waals surface area contributed by atoms with Gasteiger partial charge < -0.3 is 19.3 Å². The molecule has 0 N–H and O–H groups in total. The van der Waals surface area contributed by atoms with Crippen LogP contribution in [0, 0.1) is 17.8 Å². The van der Waals surface area contributed by atoms with E-state index in [0.717, 1.165) is 49.4 Å². The van der Waals surface area contributed by atoms with Crippen LogP contribution in [0.1, 0.15) is 38.2 Å². The topological polar surface area (TPSA) is 59.1 Å². The largest absolute Gasteiger partial charge is 0.497 e. The first-order valence-corrected chi connectivity index (χ1v) is 10.9. The maximum atomic E-state index is 13.1. The van der Waals surface area contributed by atoms with Gasteiger partial charge in [-0.3, -0.25) is 9.59 Å². The van der Waals surface area contributed by atoms with Crippen LogP contribution in [0.5, 0.6) is 11.5 Å². The molecule has 0 bridgehead atoms. The lowest BCUT2D eigenvalue weighted by molar-refractivity contribution is -0.144. The van der Waals surface area contributed by atoms with Crippen LogP contribution in [0.15, 0.2) is 18.2 Å². The molecule has 29 heavy (non-hydrogen) atoms. The lowest BCUT2D eigenvalue weighted by atomic mass is 9.90. The second-order valence-electron chi connectivity index (χ2n) is 8.82. The third-order valence-electron chi connectivity index (χ3n) is 6.65. The molecule has 6 nitrogen and oxygen atoms in total. The molecule has 2 atom stereocenters. The molecule has 3 heterocycles. The summed E-state index contributed by atoms with van der Waals surface area (Å²) in [6, 6.07) is 5.75. The van der Waals surface area contributed by atoms with Gasteiger partial charge in [0.25, 0.3) is 0 Å². The van der Waals surface area contributed by atoms with Crippen molar-refractivity contribution in [3.8, 4) is 11.5 Å². The number of hydrogen-bond acceptors (Lipinski definition) is 4. The van der Waals surface area contributed by atoms with Crippen LogP contribution in [0.2, 0.25) is 0 Å². The predicted molar refractivity (Wildman–Crippen MR) is 110 cm³/mol. The molecule has 0 radical (unpaired) electrons. The fourth-order valence-corrected chi connectivity index (χ4v) is 4.91. The molecule has 4 rings (SSSR count). The average Bonchev–Trinajstić information content (AvgIpc) is 2.77. The molecule has 0 aliphatic carbocycles. The van der Waals surface area contributed by atoms with Gasteiger partial charge in [0.05, 0.1) is 13.0 Å². The Kier molecular flexibility index (Phi) is 5.97. The number of carbonyl (C=O) groups excluding carboxylic acids is 2. The lowest BCUT2D eigenvalue weighted by Crippen LogP contribution is -2.49. The summed E-state index contributed by atoms with van der Waals surface area (Å²) in [6.07, 6.45) is 4.55. The van der Waals surface area contributed by atoms with Crippen LogP contribution >= 0.6 is 0 Å². The van der Waals surface area contributed by atoms with E-state index in [2.05, 4.69) is 11.8 Å². The van der Waals surface area contributed by atoms with Crippen LogP contribution in [0.25, 0.3) is 0 Å². The molecule has 0 saturated carbocycles. The zero-order valence-electron chi connectivity index (χ0n) is 17.6. The van der Waals surface area contributed by atoms with E-state index in [-0.39, 0.29) is 17.7 Å². The summed E-state index contributed by atoms with van der Waals surface area (Å²) in [5.41, 5.74) is 1.03. The number of carbonyl (C=O) groups is 2. The Morgan fingerprint density at radius 3 is 2.52 bits per heavy atom. The molecule has 0 aromatic heterocycles. The third kappa shape index (κ3) is 4.36. The number of rotatable bonds is 3. The maximum absolute atomic E-state index is 13.1. The first kappa shape index (κ1) is 20.0. The highest BCUT2D eigenvalue weighted by Gasteiger charge is 2.35. The fourth-order valence-electron chi connectivity index (χ4n) is 4.91. The highest BCUT2D eigenvalue weighted by Crippen LogP contribution is 2.32. The van der Waals surface area contributed by atoms with Gasteiger partial charge in [-0.2, -0.15) is 0 Å². The van der Waals surface area contributed by atoms with E-state index < -0.39 is 0 Å². The van der Waals surface area contributed by atoms with Gasteiger partial charge in [0, 0.05) is 32.1 Å². The van der Waals surface area contributed by atoms with Gasteiger partial charge in [0.2, 0.25) is 11.8 Å². The summed E-state index contributed by atoms with van der Waals surface area (Å²) in [5, 5.41) is 0. The number of benzene rings is 1. The molecule has 2 unspecified atom stereocenters. The average molecular weight is 401 g/mol. The van der Waals surface area contributed by atoms with E-state index in [9.17, 15) is 9.59 Å². The number of piperidine rings is 2. The summed E-state index contributed by atoms with van der Waals surface area (Å²) in [6.45, 7) is 5.76. The predicted octanol–water partition coefficient (Wildman–Crippen LogP) is 2.74. The molecular formula is C23H32N2O4. The molecular weight excluding hydrogens is 368 g/mol. The van der Waals surface area contributed by atoms with Crippen molar-refractivity contribution in [1.29, 1.82) is 0 Å². The van der Waals surface area contributed by atoms with Crippen molar-refractivity contribution in [2.75, 3.05) is 39.9 Å². The monoisotopic (exact) mass is 400 g/mol. The molecule has 2 amide bonds. The number of methoxy groups -OCH3 is 1. The van der Waals surface area contributed by atoms with Gasteiger partial charge in [-0.25, -0.2) is 0 Å². The number of likely N-dealkylation sites (tertiary alicyclic amines) is 2. The summed E-state index contributed by atoms with van der Waals surface area (Å²) >= 11 is 0. The smallest absolute Gasteiger partial charge is 0.229 e. The molecule has 3 aliphatic heterocycles. The molecule has 6 heteroatoms. The van der Waals surface area contributed by atoms with Crippen molar-refractivity contribution >= 4 is 11.8 Å². The summed E-state index contributed by atoms with van der Waals surface area (Å²) in [7, 11) is 1.64. The van der Waals surface area contributed by atoms with Crippen LogP contribution in [0.4, 0.5) is 0 Å². The number of ether oxygens (including phenoxy) is 2. The van der Waals surface area contributed by atoms with Gasteiger partial charge in [0.1, 0.15) is 18.1 Å². The van der Waals surface area contributed by atoms with Crippen LogP contribution in [0.3, 0.4) is 0 Å². The molecule has 1 aromatic carbocycles. The number of nitrogens with zero attached hydrogens (tertiary/aromatic N) is 2. The lowest BCUT2D eigenvalue weighted by Gasteiger charge is -2.38. The SMILES string of the molecule is COc1ccc2c(c1)CC(C(=O)N1CCC(C(=O)N3CCCC(C)C3)CC1)CO2. The van der Waals surface area contributed by atoms with E-state index in [4.69, 9.17) is 9.47 Å². The first-order valence-electron chi connectivity index (χ1n) is 10.9. The molecule has 158 valence electrons. The van der Waals surface area contributed by atoms with Crippen LogP contribution in [-0.4, -0.2) is 61.5 Å². The fraction of sp³-hybridized carbons (Fsp3) is 0.652. The highest BCUT2D eigenvalue weighted by atomic mass is 16.5. The molecule has 1 aromatic rings. The van der Waals surface area contributed by atoms with Crippen molar-refractivity contribution < 1.29 is 19.1 Å². The van der Waals surface area contributed by atoms with Crippen molar-refractivity contribution in [3.63, 3.8) is 0 Å². The standard InChI is InChI=1S/C23H32N2O4/c1-16-4-3-9-25(14-16)22(26)17-7-10-24(11-8-17)23(27)19-12-18-13-20(28-2)5-6-21(18)29-15-19/h5-6,13,16-17,19H,3-4,7-12,14-15H2,1-2H3. The Morgan fingerprint density at radius 2 is 1.79 bits per heavy atom. The van der Waals surface area contributed by atoms with E-state index >= 15 is 0 Å². The van der Waals surface area contributed by atoms with E-state index in [1.807, 2.05) is 23.1 Å². The maximum Gasteiger partial charge on any atom is 0.229 e. The van der Waals surface area contributed by atoms with Gasteiger partial charge in [-0.05, 0) is 61.8 Å². The Labute approximate surface area is 173 Å². The zero-order valence-corrected chi connectivity index (χ0v) is 17.6. The Balaban J connectivity index is 1.31. The summed E-state index contributed by atoms with van der Waals surface area (Å²) in [5.74, 6) is 2.58. The molecule has 2 saturated heterocycles. The highest BCUT2D eigenvalue weighted by molar-refractivity contribution is 5.82. The van der Waals surface area contributed by atoms with E-state index in [1.165, 1.54) is 6.42 Å². The third-order valence-corrected chi connectivity index (χ3v) is 6.65. The van der Waals surface area contributed by atoms with Gasteiger partial charge in [-0.15, -0.1) is 0 Å². The second-order valence-corrected chi connectivity index (χ2v) is 8.82. The van der Waals surface area contributed by atoms with Gasteiger partial charge in [0.15, 0.2) is 0 Å². The number of hydrogen-bond donors (Lipinski definition) is 0. The Hall–Kier alpha value is -2.24. The van der Waals surface area contributed by atoms with Crippen molar-refractivity contribution in [2.24, 2.45) is 17.8 Å². The van der Waals surface area contributed by atoms with Gasteiger partial charge >= 0.3 is 0 Å². The zero-order chi connectivity index (χ0) is 20.4. The van der Waals surface area contributed by atoms with E-state index in [0.29, 0.717) is 37.9 Å². The second kappa shape index (κ2) is 8.64. The Bertz CT molecular complexity index is 757. The minimum absolute atomic E-state index is 0.0666. The molecule has 3 aliphatic rings. The molecule has 2 fully saturated rings. The number of fused-ring (bicyclic) bond motifs is 1. The quantitative estimate of drug-likeness (QED) is 0.783. The summed E-state index contributed by atoms with van der Waals surface area (Å²) in [4.78, 5) is 29.9. The minimum atomic E-state index is -0.162. The van der Waals surface area contributed by atoms with Crippen LogP contribution in [-0.2, 0) is 16.0 Å². The summed E-state index contributed by atoms with van der Waals surface area (Å²) < 4.78 is 11.1. The van der Waals surface area contributed by atoms with Crippen molar-refractivity contribution in [3.05, 3.63) is 23.8 Å². The number of amides is 2. The first-order chi connectivity index (χ1) is 14.0. The van der Waals surface area contributed by atoms with Crippen LogP contribution < -0.4 is 9.47 Å².